The van der Waals surface area contributed by atoms with Crippen molar-refractivity contribution in [2.24, 2.45) is 0 Å². The summed E-state index contributed by atoms with van der Waals surface area (Å²) in [5.41, 5.74) is 8.74. The molecule has 3 aliphatic rings. The molecular weight excluding hydrogens is 442 g/mol. The molecule has 1 N–H and O–H groups in total. The van der Waals surface area contributed by atoms with Gasteiger partial charge in [-0.25, -0.2) is 0 Å². The smallest absolute Gasteiger partial charge is 0.255 e. The summed E-state index contributed by atoms with van der Waals surface area (Å²) in [6.45, 7) is 11.1. The Morgan fingerprint density at radius 1 is 0.889 bits per heavy atom. The van der Waals surface area contributed by atoms with Gasteiger partial charge in [0.05, 0.1) is 0 Å². The van der Waals surface area contributed by atoms with Crippen molar-refractivity contribution in [3.8, 4) is 0 Å². The van der Waals surface area contributed by atoms with Crippen LogP contribution in [0.2, 0.25) is 0 Å². The Bertz CT molecular complexity index is 1180. The van der Waals surface area contributed by atoms with Crippen LogP contribution < -0.4 is 5.32 Å². The Kier molecular flexibility index (Phi) is 7.84. The summed E-state index contributed by atoms with van der Waals surface area (Å²) in [4.78, 5) is 17.9. The normalized spacial score (nSPS) is 17.3. The predicted octanol–water partition coefficient (Wildman–Crippen LogP) is 5.68. The molecule has 2 aliphatic heterocycles. The fourth-order valence-corrected chi connectivity index (χ4v) is 5.41. The zero-order valence-electron chi connectivity index (χ0n) is 21.8. The Morgan fingerprint density at radius 2 is 1.64 bits per heavy atom. The number of aryl methyl sites for hydroxylation is 2. The summed E-state index contributed by atoms with van der Waals surface area (Å²) in [5, 5.41) is 3.41. The molecule has 0 bridgehead atoms. The zero-order chi connectivity index (χ0) is 24.9. The van der Waals surface area contributed by atoms with Crippen molar-refractivity contribution in [1.82, 2.24) is 15.1 Å². The summed E-state index contributed by atoms with van der Waals surface area (Å²) in [7, 11) is 0. The van der Waals surface area contributed by atoms with Crippen molar-refractivity contribution in [1.29, 1.82) is 0 Å². The number of nitrogens with zero attached hydrogens (tertiary/aromatic N) is 2. The largest absolute Gasteiger partial charge is 0.330 e. The van der Waals surface area contributed by atoms with E-state index in [2.05, 4.69) is 84.7 Å². The molecule has 0 atom stereocenters. The van der Waals surface area contributed by atoms with Gasteiger partial charge in [0.2, 0.25) is 0 Å². The fraction of sp³-hybridized carbons (Fsp3) is 0.406. The van der Waals surface area contributed by atoms with E-state index in [9.17, 15) is 4.79 Å². The third-order valence-corrected chi connectivity index (χ3v) is 7.68. The summed E-state index contributed by atoms with van der Waals surface area (Å²) in [5.74, 6) is 0.800. The van der Waals surface area contributed by atoms with Crippen LogP contribution in [0.5, 0.6) is 0 Å². The van der Waals surface area contributed by atoms with E-state index in [4.69, 9.17) is 0 Å². The lowest BCUT2D eigenvalue weighted by Gasteiger charge is -2.27. The molecule has 188 valence electrons. The highest BCUT2D eigenvalue weighted by atomic mass is 16.2. The number of benzene rings is 3. The van der Waals surface area contributed by atoms with E-state index in [1.54, 1.807) is 0 Å². The molecule has 1 aliphatic carbocycles. The third kappa shape index (κ3) is 5.88. The second kappa shape index (κ2) is 11.4. The Morgan fingerprint density at radius 3 is 2.33 bits per heavy atom. The Labute approximate surface area is 216 Å². The van der Waals surface area contributed by atoms with Gasteiger partial charge in [0, 0.05) is 51.4 Å². The molecule has 4 heteroatoms. The number of nitrogens with one attached hydrogen (secondary N) is 1. The quantitative estimate of drug-likeness (QED) is 0.509. The van der Waals surface area contributed by atoms with E-state index in [1.807, 2.05) is 11.0 Å². The molecule has 0 spiro atoms. The van der Waals surface area contributed by atoms with Crippen LogP contribution >= 0.6 is 0 Å². The number of hydrogen-bond donors (Lipinski definition) is 1. The number of carbonyl (C=O) groups excluding carboxylic acids is 1. The second-order valence-corrected chi connectivity index (χ2v) is 10.4. The van der Waals surface area contributed by atoms with Gasteiger partial charge in [-0.1, -0.05) is 73.7 Å². The van der Waals surface area contributed by atoms with Crippen molar-refractivity contribution in [3.63, 3.8) is 0 Å². The van der Waals surface area contributed by atoms with Gasteiger partial charge in [-0.15, -0.1) is 0 Å². The van der Waals surface area contributed by atoms with Crippen molar-refractivity contribution >= 4 is 5.91 Å². The fourth-order valence-electron chi connectivity index (χ4n) is 5.41. The molecule has 0 radical (unpaired) electrons. The van der Waals surface area contributed by atoms with Gasteiger partial charge in [-0.2, -0.15) is 0 Å². The first-order chi connectivity index (χ1) is 17.6. The lowest BCUT2D eigenvalue weighted by Crippen LogP contribution is -2.42. The lowest BCUT2D eigenvalue weighted by atomic mass is 9.97. The van der Waals surface area contributed by atoms with Crippen LogP contribution in [0.25, 0.3) is 0 Å². The molecule has 6 rings (SSSR count). The summed E-state index contributed by atoms with van der Waals surface area (Å²) in [6.07, 6.45) is 3.58. The highest BCUT2D eigenvalue weighted by molar-refractivity contribution is 5.97. The van der Waals surface area contributed by atoms with Gasteiger partial charge in [0.15, 0.2) is 0 Å². The SMILES string of the molecule is CCc1ccccc1.Cc1cccc(C2CC2)c1C(=O)N1Cc2ccc(CN3CCNCC3)cc2C1. The topological polar surface area (TPSA) is 35.6 Å². The lowest BCUT2D eigenvalue weighted by molar-refractivity contribution is 0.0749. The third-order valence-electron chi connectivity index (χ3n) is 7.68. The molecule has 1 amide bonds. The molecule has 2 fully saturated rings. The average molecular weight is 482 g/mol. The average Bonchev–Trinajstić information content (AvgIpc) is 3.68. The highest BCUT2D eigenvalue weighted by Gasteiger charge is 2.32. The van der Waals surface area contributed by atoms with Crippen LogP contribution in [0.3, 0.4) is 0 Å². The Balaban J connectivity index is 0.000000286. The highest BCUT2D eigenvalue weighted by Crippen LogP contribution is 2.43. The monoisotopic (exact) mass is 481 g/mol. The minimum absolute atomic E-state index is 0.208. The molecule has 3 aromatic rings. The molecule has 1 saturated carbocycles. The molecule has 36 heavy (non-hydrogen) atoms. The standard InChI is InChI=1S/C24H29N3O.C8H10/c1-17-3-2-4-22(19-7-8-19)23(17)24(28)27-15-20-6-5-18(13-21(20)16-27)14-26-11-9-25-10-12-26;1-2-8-6-4-3-5-7-8/h2-6,13,19,25H,7-12,14-16H2,1H3;3-7H,2H2,1H3. The van der Waals surface area contributed by atoms with E-state index >= 15 is 0 Å². The van der Waals surface area contributed by atoms with Crippen molar-refractivity contribution in [3.05, 3.63) is 106 Å². The zero-order valence-corrected chi connectivity index (χ0v) is 21.8. The number of fused-ring (bicyclic) bond motifs is 1. The van der Waals surface area contributed by atoms with E-state index in [1.165, 1.54) is 40.7 Å². The van der Waals surface area contributed by atoms with Gasteiger partial charge in [-0.05, 0) is 65.5 Å². The number of carbonyl (C=O) groups is 1. The van der Waals surface area contributed by atoms with Crippen LogP contribution in [0, 0.1) is 6.92 Å². The van der Waals surface area contributed by atoms with E-state index in [-0.39, 0.29) is 5.91 Å². The van der Waals surface area contributed by atoms with E-state index < -0.39 is 0 Å². The minimum Gasteiger partial charge on any atom is -0.330 e. The number of hydrogen-bond acceptors (Lipinski definition) is 3. The first-order valence-corrected chi connectivity index (χ1v) is 13.6. The number of rotatable bonds is 5. The number of amides is 1. The van der Waals surface area contributed by atoms with Crippen LogP contribution in [-0.4, -0.2) is 41.9 Å². The molecule has 0 unspecified atom stereocenters. The Hall–Kier alpha value is -2.95. The first-order valence-electron chi connectivity index (χ1n) is 13.6. The number of piperazine rings is 1. The summed E-state index contributed by atoms with van der Waals surface area (Å²) in [6, 6.07) is 23.6. The van der Waals surface area contributed by atoms with Gasteiger partial charge in [0.1, 0.15) is 0 Å². The van der Waals surface area contributed by atoms with Crippen LogP contribution in [0.15, 0.2) is 66.7 Å². The summed E-state index contributed by atoms with van der Waals surface area (Å²) >= 11 is 0. The first kappa shape index (κ1) is 24.7. The molecule has 3 aromatic carbocycles. The van der Waals surface area contributed by atoms with Gasteiger partial charge < -0.3 is 10.2 Å². The van der Waals surface area contributed by atoms with E-state index in [0.717, 1.165) is 63.4 Å². The van der Waals surface area contributed by atoms with E-state index in [0.29, 0.717) is 5.92 Å². The van der Waals surface area contributed by atoms with Gasteiger partial charge in [0.25, 0.3) is 5.91 Å². The van der Waals surface area contributed by atoms with Crippen LogP contribution in [0.4, 0.5) is 0 Å². The molecule has 2 heterocycles. The molecular formula is C32H39N3O. The van der Waals surface area contributed by atoms with Crippen LogP contribution in [-0.2, 0) is 26.1 Å². The van der Waals surface area contributed by atoms with Crippen molar-refractivity contribution in [2.75, 3.05) is 26.2 Å². The maximum absolute atomic E-state index is 13.4. The summed E-state index contributed by atoms with van der Waals surface area (Å²) < 4.78 is 0. The van der Waals surface area contributed by atoms with Gasteiger partial charge >= 0.3 is 0 Å². The van der Waals surface area contributed by atoms with Crippen molar-refractivity contribution in [2.45, 2.75) is 58.7 Å². The molecule has 0 aromatic heterocycles. The molecule has 4 nitrogen and oxygen atoms in total. The minimum atomic E-state index is 0.208. The maximum atomic E-state index is 13.4. The van der Waals surface area contributed by atoms with Gasteiger partial charge in [-0.3, -0.25) is 9.69 Å². The van der Waals surface area contributed by atoms with Crippen LogP contribution in [0.1, 0.15) is 69.4 Å². The molecule has 1 saturated heterocycles. The predicted molar refractivity (Wildman–Crippen MR) is 147 cm³/mol. The maximum Gasteiger partial charge on any atom is 0.255 e. The van der Waals surface area contributed by atoms with Crippen molar-refractivity contribution < 1.29 is 4.79 Å². The second-order valence-electron chi connectivity index (χ2n) is 10.4.